The van der Waals surface area contributed by atoms with E-state index in [2.05, 4.69) is 10.5 Å². The number of benzene rings is 3. The first kappa shape index (κ1) is 24.1. The Balaban J connectivity index is 1.89. The molecule has 0 aliphatic carbocycles. The highest BCUT2D eigenvalue weighted by Gasteiger charge is 2.27. The molecule has 6 nitrogen and oxygen atoms in total. The van der Waals surface area contributed by atoms with E-state index >= 15 is 0 Å². The Bertz CT molecular complexity index is 1240. The van der Waals surface area contributed by atoms with Crippen LogP contribution in [-0.2, 0) is 14.8 Å². The van der Waals surface area contributed by atoms with Crippen molar-refractivity contribution in [2.24, 2.45) is 5.10 Å². The Morgan fingerprint density at radius 2 is 1.62 bits per heavy atom. The minimum atomic E-state index is -4.10. The summed E-state index contributed by atoms with van der Waals surface area (Å²) < 4.78 is 27.6. The van der Waals surface area contributed by atoms with E-state index in [-0.39, 0.29) is 20.6 Å². The summed E-state index contributed by atoms with van der Waals surface area (Å²) >= 11 is 18.2. The van der Waals surface area contributed by atoms with Crippen LogP contribution in [0.4, 0.5) is 5.69 Å². The average Bonchev–Trinajstić information content (AvgIpc) is 2.73. The van der Waals surface area contributed by atoms with Gasteiger partial charge in [-0.15, -0.1) is 0 Å². The van der Waals surface area contributed by atoms with E-state index in [0.29, 0.717) is 10.6 Å². The number of aryl methyl sites for hydroxylation is 1. The van der Waals surface area contributed by atoms with Crippen molar-refractivity contribution in [2.45, 2.75) is 11.8 Å². The maximum atomic E-state index is 13.3. The van der Waals surface area contributed by atoms with Gasteiger partial charge in [0.15, 0.2) is 0 Å². The molecule has 0 saturated carbocycles. The van der Waals surface area contributed by atoms with E-state index in [0.717, 1.165) is 9.87 Å². The van der Waals surface area contributed by atoms with E-state index in [4.69, 9.17) is 34.8 Å². The summed E-state index contributed by atoms with van der Waals surface area (Å²) in [6.45, 7) is 1.29. The lowest BCUT2D eigenvalue weighted by molar-refractivity contribution is -0.119. The maximum Gasteiger partial charge on any atom is 0.264 e. The standard InChI is InChI=1S/C22H18Cl3N3O3S/c1-15-6-8-20(9-7-15)32(30,31)28(19-11-17(23)10-18(24)12-19)14-22(29)27-26-13-16-4-2-3-5-21(16)25/h2-13H,14H2,1H3,(H,27,29)/b26-13-. The predicted molar refractivity (Wildman–Crippen MR) is 129 cm³/mol. The topological polar surface area (TPSA) is 78.8 Å². The monoisotopic (exact) mass is 509 g/mol. The Morgan fingerprint density at radius 3 is 2.25 bits per heavy atom. The zero-order valence-electron chi connectivity index (χ0n) is 16.8. The number of carbonyl (C=O) groups is 1. The van der Waals surface area contributed by atoms with Gasteiger partial charge in [-0.1, -0.05) is 70.7 Å². The molecule has 166 valence electrons. The smallest absolute Gasteiger partial charge is 0.264 e. The van der Waals surface area contributed by atoms with Gasteiger partial charge >= 0.3 is 0 Å². The van der Waals surface area contributed by atoms with Crippen molar-refractivity contribution in [1.82, 2.24) is 5.43 Å². The molecule has 3 aromatic carbocycles. The van der Waals surface area contributed by atoms with Crippen LogP contribution < -0.4 is 9.73 Å². The van der Waals surface area contributed by atoms with Crippen molar-refractivity contribution in [2.75, 3.05) is 10.8 Å². The number of nitrogens with one attached hydrogen (secondary N) is 1. The van der Waals surface area contributed by atoms with Gasteiger partial charge in [-0.25, -0.2) is 13.8 Å². The van der Waals surface area contributed by atoms with Crippen LogP contribution in [0.2, 0.25) is 15.1 Å². The van der Waals surface area contributed by atoms with Gasteiger partial charge in [0, 0.05) is 20.6 Å². The van der Waals surface area contributed by atoms with Gasteiger partial charge in [0.1, 0.15) is 6.54 Å². The minimum absolute atomic E-state index is 0.0200. The molecular formula is C22H18Cl3N3O3S. The molecule has 0 aliphatic rings. The van der Waals surface area contributed by atoms with Gasteiger partial charge in [0.2, 0.25) is 0 Å². The van der Waals surface area contributed by atoms with Crippen LogP contribution in [0.15, 0.2) is 76.7 Å². The molecule has 0 saturated heterocycles. The van der Waals surface area contributed by atoms with Crippen LogP contribution in [0.25, 0.3) is 0 Å². The third-order valence-electron chi connectivity index (χ3n) is 4.33. The predicted octanol–water partition coefficient (Wildman–Crippen LogP) is 5.30. The Labute approximate surface area is 201 Å². The van der Waals surface area contributed by atoms with Gasteiger partial charge < -0.3 is 0 Å². The molecular weight excluding hydrogens is 493 g/mol. The maximum absolute atomic E-state index is 13.3. The number of sulfonamides is 1. The Kier molecular flexibility index (Phi) is 7.79. The number of amides is 1. The highest BCUT2D eigenvalue weighted by atomic mass is 35.5. The average molecular weight is 511 g/mol. The Morgan fingerprint density at radius 1 is 1.00 bits per heavy atom. The van der Waals surface area contributed by atoms with Gasteiger partial charge in [-0.3, -0.25) is 9.10 Å². The van der Waals surface area contributed by atoms with Crippen molar-refractivity contribution >= 4 is 62.6 Å². The van der Waals surface area contributed by atoms with Gasteiger partial charge in [-0.2, -0.15) is 5.10 Å². The lowest BCUT2D eigenvalue weighted by atomic mass is 10.2. The Hall–Kier alpha value is -2.58. The molecule has 0 unspecified atom stereocenters. The van der Waals surface area contributed by atoms with Crippen molar-refractivity contribution in [3.63, 3.8) is 0 Å². The number of hydrazone groups is 1. The van der Waals surface area contributed by atoms with Gasteiger partial charge in [-0.05, 0) is 43.3 Å². The molecule has 0 aliphatic heterocycles. The van der Waals surface area contributed by atoms with Crippen LogP contribution >= 0.6 is 34.8 Å². The number of anilines is 1. The zero-order chi connectivity index (χ0) is 23.3. The third kappa shape index (κ3) is 6.01. The number of hydrogen-bond donors (Lipinski definition) is 1. The second-order valence-corrected chi connectivity index (χ2v) is 9.91. The fourth-order valence-corrected chi connectivity index (χ4v) is 4.86. The summed E-state index contributed by atoms with van der Waals surface area (Å²) in [5, 5.41) is 4.79. The van der Waals surface area contributed by atoms with Crippen molar-refractivity contribution < 1.29 is 13.2 Å². The van der Waals surface area contributed by atoms with Crippen LogP contribution in [-0.4, -0.2) is 27.1 Å². The van der Waals surface area contributed by atoms with Crippen molar-refractivity contribution in [3.8, 4) is 0 Å². The number of carbonyl (C=O) groups excluding carboxylic acids is 1. The lowest BCUT2D eigenvalue weighted by Gasteiger charge is -2.24. The first-order valence-electron chi connectivity index (χ1n) is 9.29. The molecule has 0 aromatic heterocycles. The molecule has 10 heteroatoms. The quantitative estimate of drug-likeness (QED) is 0.346. The molecule has 32 heavy (non-hydrogen) atoms. The molecule has 0 heterocycles. The first-order valence-corrected chi connectivity index (χ1v) is 11.9. The zero-order valence-corrected chi connectivity index (χ0v) is 19.9. The fourth-order valence-electron chi connectivity index (χ4n) is 2.76. The molecule has 3 rings (SSSR count). The molecule has 0 radical (unpaired) electrons. The highest BCUT2D eigenvalue weighted by molar-refractivity contribution is 7.92. The summed E-state index contributed by atoms with van der Waals surface area (Å²) in [4.78, 5) is 12.6. The van der Waals surface area contributed by atoms with Gasteiger partial charge in [0.05, 0.1) is 16.8 Å². The molecule has 0 bridgehead atoms. The van der Waals surface area contributed by atoms with Gasteiger partial charge in [0.25, 0.3) is 15.9 Å². The molecule has 0 fully saturated rings. The molecule has 1 amide bonds. The van der Waals surface area contributed by atoms with Crippen LogP contribution in [0.1, 0.15) is 11.1 Å². The summed E-state index contributed by atoms with van der Waals surface area (Å²) in [5.41, 5.74) is 3.96. The van der Waals surface area contributed by atoms with E-state index < -0.39 is 22.5 Å². The normalized spacial score (nSPS) is 11.5. The third-order valence-corrected chi connectivity index (χ3v) is 6.90. The largest absolute Gasteiger partial charge is 0.271 e. The SMILES string of the molecule is Cc1ccc(S(=O)(=O)N(CC(=O)N/N=C\c2ccccc2Cl)c2cc(Cl)cc(Cl)c2)cc1. The van der Waals surface area contributed by atoms with E-state index in [1.54, 1.807) is 36.4 Å². The fraction of sp³-hybridized carbons (Fsp3) is 0.0909. The number of hydrogen-bond acceptors (Lipinski definition) is 4. The number of halogens is 3. The lowest BCUT2D eigenvalue weighted by Crippen LogP contribution is -2.39. The molecule has 3 aromatic rings. The second-order valence-electron chi connectivity index (χ2n) is 6.77. The number of nitrogens with zero attached hydrogens (tertiary/aromatic N) is 2. The molecule has 0 spiro atoms. The van der Waals surface area contributed by atoms with Crippen LogP contribution in [0, 0.1) is 6.92 Å². The van der Waals surface area contributed by atoms with E-state index in [9.17, 15) is 13.2 Å². The van der Waals surface area contributed by atoms with E-state index in [1.165, 1.54) is 36.5 Å². The summed E-state index contributed by atoms with van der Waals surface area (Å²) in [5.74, 6) is -0.667. The molecule has 0 atom stereocenters. The number of rotatable bonds is 7. The minimum Gasteiger partial charge on any atom is -0.271 e. The van der Waals surface area contributed by atoms with Crippen LogP contribution in [0.5, 0.6) is 0 Å². The highest BCUT2D eigenvalue weighted by Crippen LogP contribution is 2.29. The summed E-state index contributed by atoms with van der Waals surface area (Å²) in [7, 11) is -4.10. The second kappa shape index (κ2) is 10.4. The first-order chi connectivity index (χ1) is 15.2. The van der Waals surface area contributed by atoms with E-state index in [1.807, 2.05) is 6.92 Å². The van der Waals surface area contributed by atoms with Crippen molar-refractivity contribution in [3.05, 3.63) is 92.9 Å². The summed E-state index contributed by atoms with van der Waals surface area (Å²) in [6.07, 6.45) is 1.37. The molecule has 1 N–H and O–H groups in total. The van der Waals surface area contributed by atoms with Crippen molar-refractivity contribution in [1.29, 1.82) is 0 Å². The van der Waals surface area contributed by atoms with Crippen LogP contribution in [0.3, 0.4) is 0 Å². The summed E-state index contributed by atoms with van der Waals surface area (Å²) in [6, 6.07) is 17.5.